The van der Waals surface area contributed by atoms with Gasteiger partial charge in [0.15, 0.2) is 8.32 Å². The normalized spacial score (nSPS) is 29.8. The van der Waals surface area contributed by atoms with Crippen LogP contribution in [0.15, 0.2) is 0 Å². The lowest BCUT2D eigenvalue weighted by Crippen LogP contribution is -2.42. The molecule has 1 heterocycles. The molecule has 1 aliphatic rings. The molecule has 0 saturated carbocycles. The minimum Gasteiger partial charge on any atom is -0.416 e. The molecule has 0 spiro atoms. The van der Waals surface area contributed by atoms with Gasteiger partial charge in [-0.25, -0.2) is 0 Å². The largest absolute Gasteiger partial charge is 0.416 e. The predicted octanol–water partition coefficient (Wildman–Crippen LogP) is 3.71. The van der Waals surface area contributed by atoms with Crippen LogP contribution in [0, 0.1) is 5.92 Å². The molecule has 0 aromatic heterocycles. The Morgan fingerprint density at radius 3 is 2.16 bits per heavy atom. The Balaban J connectivity index is 2.59. The van der Waals surface area contributed by atoms with Gasteiger partial charge in [0.05, 0.1) is 11.2 Å². The van der Waals surface area contributed by atoms with Crippen LogP contribution < -0.4 is 0 Å². The summed E-state index contributed by atoms with van der Waals surface area (Å²) < 4.78 is 55.4. The van der Waals surface area contributed by atoms with E-state index in [0.717, 1.165) is 0 Å². The number of halogens is 3. The molecule has 1 unspecified atom stereocenters. The van der Waals surface area contributed by atoms with Crippen molar-refractivity contribution in [3.05, 3.63) is 0 Å². The molecule has 2 nitrogen and oxygen atoms in total. The monoisotopic (exact) mass is 316 g/mol. The van der Waals surface area contributed by atoms with Crippen molar-refractivity contribution in [2.45, 2.75) is 56.8 Å². The fourth-order valence-electron chi connectivity index (χ4n) is 1.72. The van der Waals surface area contributed by atoms with E-state index in [9.17, 15) is 17.4 Å². The quantitative estimate of drug-likeness (QED) is 0.742. The van der Waals surface area contributed by atoms with Crippen LogP contribution in [0.4, 0.5) is 13.2 Å². The predicted molar refractivity (Wildman–Crippen MR) is 74.1 cm³/mol. The minimum absolute atomic E-state index is 0.0104. The summed E-state index contributed by atoms with van der Waals surface area (Å²) in [7, 11) is -3.41. The highest BCUT2D eigenvalue weighted by Gasteiger charge is 2.48. The van der Waals surface area contributed by atoms with Crippen LogP contribution in [0.1, 0.15) is 27.2 Å². The second-order valence-corrected chi connectivity index (χ2v) is 13.3. The summed E-state index contributed by atoms with van der Waals surface area (Å²) >= 11 is 0. The van der Waals surface area contributed by atoms with Crippen LogP contribution in [0.25, 0.3) is 0 Å². The molecule has 0 aromatic rings. The maximum atomic E-state index is 12.6. The van der Waals surface area contributed by atoms with Gasteiger partial charge in [-0.1, -0.05) is 20.8 Å². The number of hydrogen-bond acceptors (Lipinski definition) is 2. The third kappa shape index (κ3) is 4.29. The molecule has 3 atom stereocenters. The molecule has 0 bridgehead atoms. The van der Waals surface area contributed by atoms with Crippen molar-refractivity contribution in [2.75, 3.05) is 12.4 Å². The van der Waals surface area contributed by atoms with Crippen molar-refractivity contribution in [3.63, 3.8) is 0 Å². The highest BCUT2D eigenvalue weighted by atomic mass is 32.2. The highest BCUT2D eigenvalue weighted by Crippen LogP contribution is 2.39. The van der Waals surface area contributed by atoms with Gasteiger partial charge in [-0.3, -0.25) is 4.21 Å². The Morgan fingerprint density at radius 2 is 1.79 bits per heavy atom. The lowest BCUT2D eigenvalue weighted by atomic mass is 10.1. The molecule has 19 heavy (non-hydrogen) atoms. The van der Waals surface area contributed by atoms with E-state index in [1.807, 2.05) is 13.1 Å². The zero-order chi connectivity index (χ0) is 15.1. The molecular formula is C12H23F3O2SSi. The lowest BCUT2D eigenvalue weighted by Gasteiger charge is -2.36. The number of alkyl halides is 3. The van der Waals surface area contributed by atoms with Crippen LogP contribution in [0.3, 0.4) is 0 Å². The highest BCUT2D eigenvalue weighted by molar-refractivity contribution is 7.86. The minimum atomic E-state index is -4.23. The van der Waals surface area contributed by atoms with E-state index in [0.29, 0.717) is 0 Å². The third-order valence-electron chi connectivity index (χ3n) is 4.18. The summed E-state index contributed by atoms with van der Waals surface area (Å²) in [5.74, 6) is -1.70. The maximum absolute atomic E-state index is 12.6. The second-order valence-electron chi connectivity index (χ2n) is 6.71. The average Bonchev–Trinajstić information content (AvgIpc) is 2.55. The van der Waals surface area contributed by atoms with Crippen LogP contribution in [0.2, 0.25) is 18.1 Å². The van der Waals surface area contributed by atoms with Crippen molar-refractivity contribution in [3.8, 4) is 0 Å². The van der Waals surface area contributed by atoms with Crippen LogP contribution in [-0.2, 0) is 15.2 Å². The van der Waals surface area contributed by atoms with E-state index in [2.05, 4.69) is 20.8 Å². The molecule has 1 rings (SSSR count). The van der Waals surface area contributed by atoms with Crippen molar-refractivity contribution >= 4 is 19.1 Å². The van der Waals surface area contributed by atoms with E-state index in [-0.39, 0.29) is 23.8 Å². The van der Waals surface area contributed by atoms with Gasteiger partial charge in [0.25, 0.3) is 0 Å². The molecule has 1 aliphatic heterocycles. The fourth-order valence-corrected chi connectivity index (χ4v) is 4.55. The van der Waals surface area contributed by atoms with E-state index < -0.39 is 36.5 Å². The Labute approximate surface area is 116 Å². The van der Waals surface area contributed by atoms with Gasteiger partial charge in [-0.05, 0) is 24.6 Å². The summed E-state index contributed by atoms with van der Waals surface area (Å²) in [5, 5.41) is -0.461. The summed E-state index contributed by atoms with van der Waals surface area (Å²) in [5.41, 5.74) is 0. The third-order valence-corrected chi connectivity index (χ3v) is 10.5. The first-order valence-corrected chi connectivity index (χ1v) is 10.7. The fraction of sp³-hybridized carbons (Fsp3) is 1.00. The van der Waals surface area contributed by atoms with E-state index in [1.165, 1.54) is 0 Å². The molecule has 1 fully saturated rings. The second kappa shape index (κ2) is 5.48. The Hall–Kier alpha value is 0.117. The molecule has 0 aliphatic carbocycles. The van der Waals surface area contributed by atoms with Crippen molar-refractivity contribution < 1.29 is 21.8 Å². The molecule has 114 valence electrons. The average molecular weight is 316 g/mol. The molecule has 1 saturated heterocycles. The van der Waals surface area contributed by atoms with E-state index >= 15 is 0 Å². The van der Waals surface area contributed by atoms with Gasteiger partial charge in [-0.2, -0.15) is 13.2 Å². The molecular weight excluding hydrogens is 293 g/mol. The number of rotatable bonds is 3. The molecule has 0 aromatic carbocycles. The van der Waals surface area contributed by atoms with Crippen LogP contribution >= 0.6 is 0 Å². The Morgan fingerprint density at radius 1 is 1.26 bits per heavy atom. The lowest BCUT2D eigenvalue weighted by molar-refractivity contribution is -0.168. The smallest absolute Gasteiger partial charge is 0.392 e. The topological polar surface area (TPSA) is 26.3 Å². The summed E-state index contributed by atoms with van der Waals surface area (Å²) in [6.45, 7) is 10.5. The zero-order valence-corrected chi connectivity index (χ0v) is 14.0. The van der Waals surface area contributed by atoms with Gasteiger partial charge >= 0.3 is 6.18 Å². The summed E-state index contributed by atoms with van der Waals surface area (Å²) in [6.07, 6.45) is -4.30. The maximum Gasteiger partial charge on any atom is 0.392 e. The van der Waals surface area contributed by atoms with Gasteiger partial charge in [-0.15, -0.1) is 0 Å². The first-order chi connectivity index (χ1) is 8.34. The van der Waals surface area contributed by atoms with Gasteiger partial charge < -0.3 is 4.43 Å². The summed E-state index contributed by atoms with van der Waals surface area (Å²) in [6, 6.07) is 0. The van der Waals surface area contributed by atoms with Crippen LogP contribution in [-0.4, -0.2) is 36.3 Å². The first kappa shape index (κ1) is 17.2. The summed E-state index contributed by atoms with van der Waals surface area (Å²) in [4.78, 5) is 0. The first-order valence-electron chi connectivity index (χ1n) is 6.42. The van der Waals surface area contributed by atoms with E-state index in [1.54, 1.807) is 0 Å². The Kier molecular flexibility index (Phi) is 4.95. The molecule has 0 amide bonds. The SMILES string of the molecule is CC(C)(C)[Si](C)(C)OC[C@H]1C[C@@H](C(F)(F)F)CS1=O. The standard InChI is InChI=1S/C12H23F3O2SSi/c1-11(2,3)19(4,5)17-7-10-6-9(8-18(10)16)12(13,14)15/h9-10H,6-8H2,1-5H3/t9-,10-,18?/m1/s1. The Bertz CT molecular complexity index is 350. The number of hydrogen-bond donors (Lipinski definition) is 0. The zero-order valence-electron chi connectivity index (χ0n) is 12.1. The van der Waals surface area contributed by atoms with Gasteiger partial charge in [0, 0.05) is 23.2 Å². The van der Waals surface area contributed by atoms with E-state index in [4.69, 9.17) is 4.43 Å². The molecule has 0 N–H and O–H groups in total. The van der Waals surface area contributed by atoms with Gasteiger partial charge in [0.2, 0.25) is 0 Å². The van der Waals surface area contributed by atoms with Crippen molar-refractivity contribution in [1.82, 2.24) is 0 Å². The molecule has 0 radical (unpaired) electrons. The van der Waals surface area contributed by atoms with Gasteiger partial charge in [0.1, 0.15) is 0 Å². The van der Waals surface area contributed by atoms with Crippen LogP contribution in [0.5, 0.6) is 0 Å². The van der Waals surface area contributed by atoms with Crippen molar-refractivity contribution in [1.29, 1.82) is 0 Å². The molecule has 7 heteroatoms. The van der Waals surface area contributed by atoms with Crippen molar-refractivity contribution in [2.24, 2.45) is 5.92 Å².